The van der Waals surface area contributed by atoms with Gasteiger partial charge >= 0.3 is 0 Å². The highest BCUT2D eigenvalue weighted by Crippen LogP contribution is 2.09. The van der Waals surface area contributed by atoms with Gasteiger partial charge in [0.15, 0.2) is 0 Å². The maximum atomic E-state index is 11.7. The van der Waals surface area contributed by atoms with Gasteiger partial charge in [-0.15, -0.1) is 0 Å². The van der Waals surface area contributed by atoms with E-state index in [1.807, 2.05) is 0 Å². The standard InChI is InChI=1S/C8H12N4O/c1-12-10-5-7(11-12)8(13)6-3-2-4-9-6/h5-6,9H,2-4H2,1H3. The van der Waals surface area contributed by atoms with Crippen LogP contribution in [0.2, 0.25) is 0 Å². The number of Topliss-reactive ketones (excluding diaryl/α,β-unsaturated/α-hetero) is 1. The van der Waals surface area contributed by atoms with Crippen LogP contribution in [0.4, 0.5) is 0 Å². The van der Waals surface area contributed by atoms with Crippen LogP contribution in [-0.2, 0) is 7.05 Å². The molecule has 1 aliphatic heterocycles. The summed E-state index contributed by atoms with van der Waals surface area (Å²) in [6, 6.07) is -0.0447. The van der Waals surface area contributed by atoms with Crippen LogP contribution in [0, 0.1) is 0 Å². The molecule has 0 saturated carbocycles. The molecule has 1 atom stereocenters. The number of aryl methyl sites for hydroxylation is 1. The molecule has 1 aromatic rings. The molecule has 1 N–H and O–H groups in total. The molecule has 0 amide bonds. The maximum absolute atomic E-state index is 11.7. The lowest BCUT2D eigenvalue weighted by molar-refractivity contribution is 0.0946. The Morgan fingerprint density at radius 2 is 2.62 bits per heavy atom. The van der Waals surface area contributed by atoms with Gasteiger partial charge in [0.25, 0.3) is 0 Å². The molecule has 0 radical (unpaired) electrons. The summed E-state index contributed by atoms with van der Waals surface area (Å²) in [5, 5.41) is 11.0. The van der Waals surface area contributed by atoms with Crippen LogP contribution in [0.15, 0.2) is 6.20 Å². The summed E-state index contributed by atoms with van der Waals surface area (Å²) < 4.78 is 0. The van der Waals surface area contributed by atoms with Crippen LogP contribution in [0.3, 0.4) is 0 Å². The molecular formula is C8H12N4O. The van der Waals surface area contributed by atoms with Crippen molar-refractivity contribution in [3.8, 4) is 0 Å². The van der Waals surface area contributed by atoms with Crippen LogP contribution in [0.1, 0.15) is 23.3 Å². The first-order valence-corrected chi connectivity index (χ1v) is 4.41. The largest absolute Gasteiger partial charge is 0.307 e. The molecule has 2 heterocycles. The van der Waals surface area contributed by atoms with Gasteiger partial charge in [0.2, 0.25) is 5.78 Å². The SMILES string of the molecule is Cn1ncc(C(=O)C2CCCN2)n1. The smallest absolute Gasteiger partial charge is 0.201 e. The lowest BCUT2D eigenvalue weighted by Crippen LogP contribution is -2.31. The van der Waals surface area contributed by atoms with E-state index in [1.54, 1.807) is 7.05 Å². The topological polar surface area (TPSA) is 59.8 Å². The number of hydrogen-bond acceptors (Lipinski definition) is 4. The van der Waals surface area contributed by atoms with Crippen molar-refractivity contribution < 1.29 is 4.79 Å². The van der Waals surface area contributed by atoms with Crippen molar-refractivity contribution in [1.82, 2.24) is 20.3 Å². The normalized spacial score (nSPS) is 22.1. The molecule has 1 aromatic heterocycles. The van der Waals surface area contributed by atoms with Crippen LogP contribution in [0.25, 0.3) is 0 Å². The number of hydrogen-bond donors (Lipinski definition) is 1. The Kier molecular flexibility index (Phi) is 2.10. The zero-order valence-corrected chi connectivity index (χ0v) is 7.53. The molecule has 13 heavy (non-hydrogen) atoms. The molecule has 5 nitrogen and oxygen atoms in total. The average molecular weight is 180 g/mol. The van der Waals surface area contributed by atoms with E-state index in [2.05, 4.69) is 15.5 Å². The second-order valence-corrected chi connectivity index (χ2v) is 3.23. The third kappa shape index (κ3) is 1.60. The predicted octanol–water partition coefficient (Wildman–Crippen LogP) is -0.250. The predicted molar refractivity (Wildman–Crippen MR) is 46.4 cm³/mol. The molecule has 1 saturated heterocycles. The van der Waals surface area contributed by atoms with Crippen molar-refractivity contribution in [1.29, 1.82) is 0 Å². The Labute approximate surface area is 76.1 Å². The van der Waals surface area contributed by atoms with Crippen molar-refractivity contribution in [2.24, 2.45) is 7.05 Å². The summed E-state index contributed by atoms with van der Waals surface area (Å²) in [7, 11) is 1.71. The number of rotatable bonds is 2. The maximum Gasteiger partial charge on any atom is 0.201 e. The molecule has 0 bridgehead atoms. The lowest BCUT2D eigenvalue weighted by atomic mass is 10.1. The van der Waals surface area contributed by atoms with Crippen molar-refractivity contribution in [2.75, 3.05) is 6.54 Å². The minimum atomic E-state index is -0.0447. The van der Waals surface area contributed by atoms with Crippen molar-refractivity contribution in [3.05, 3.63) is 11.9 Å². The van der Waals surface area contributed by atoms with Gasteiger partial charge in [0.1, 0.15) is 5.69 Å². The summed E-state index contributed by atoms with van der Waals surface area (Å²) in [5.74, 6) is 0.0607. The second-order valence-electron chi connectivity index (χ2n) is 3.23. The molecule has 2 rings (SSSR count). The number of aromatic nitrogens is 3. The van der Waals surface area contributed by atoms with E-state index in [0.29, 0.717) is 5.69 Å². The monoisotopic (exact) mass is 180 g/mol. The summed E-state index contributed by atoms with van der Waals surface area (Å²) >= 11 is 0. The van der Waals surface area contributed by atoms with Crippen LogP contribution >= 0.6 is 0 Å². The molecule has 0 spiro atoms. The Hall–Kier alpha value is -1.23. The minimum absolute atomic E-state index is 0.0447. The van der Waals surface area contributed by atoms with E-state index in [0.717, 1.165) is 19.4 Å². The van der Waals surface area contributed by atoms with Crippen LogP contribution in [-0.4, -0.2) is 33.4 Å². The number of nitrogens with one attached hydrogen (secondary N) is 1. The van der Waals surface area contributed by atoms with Gasteiger partial charge in [-0.2, -0.15) is 15.0 Å². The van der Waals surface area contributed by atoms with Gasteiger partial charge < -0.3 is 5.32 Å². The average Bonchev–Trinajstić information content (AvgIpc) is 2.72. The Bertz CT molecular complexity index is 314. The molecule has 0 aromatic carbocycles. The van der Waals surface area contributed by atoms with E-state index in [4.69, 9.17) is 0 Å². The zero-order valence-electron chi connectivity index (χ0n) is 7.53. The van der Waals surface area contributed by atoms with E-state index >= 15 is 0 Å². The van der Waals surface area contributed by atoms with Gasteiger partial charge in [0, 0.05) is 7.05 Å². The number of ketones is 1. The first-order chi connectivity index (χ1) is 6.27. The molecule has 0 aliphatic carbocycles. The molecule has 1 fully saturated rings. The van der Waals surface area contributed by atoms with Gasteiger partial charge in [-0.25, -0.2) is 0 Å². The van der Waals surface area contributed by atoms with Gasteiger partial charge in [-0.1, -0.05) is 0 Å². The number of carbonyl (C=O) groups excluding carboxylic acids is 1. The second kappa shape index (κ2) is 3.26. The van der Waals surface area contributed by atoms with Gasteiger partial charge in [-0.05, 0) is 19.4 Å². The first kappa shape index (κ1) is 8.37. The number of nitrogens with zero attached hydrogens (tertiary/aromatic N) is 3. The lowest BCUT2D eigenvalue weighted by Gasteiger charge is -2.04. The van der Waals surface area contributed by atoms with E-state index in [1.165, 1.54) is 11.0 Å². The van der Waals surface area contributed by atoms with Gasteiger partial charge in [0.05, 0.1) is 12.2 Å². The summed E-state index contributed by atoms with van der Waals surface area (Å²) in [6.45, 7) is 0.927. The fraction of sp³-hybridized carbons (Fsp3) is 0.625. The fourth-order valence-electron chi connectivity index (χ4n) is 1.55. The van der Waals surface area contributed by atoms with Gasteiger partial charge in [-0.3, -0.25) is 4.79 Å². The third-order valence-corrected chi connectivity index (χ3v) is 2.23. The highest BCUT2D eigenvalue weighted by atomic mass is 16.1. The zero-order chi connectivity index (χ0) is 9.26. The molecule has 1 aliphatic rings. The summed E-state index contributed by atoms with van der Waals surface area (Å²) in [6.07, 6.45) is 3.49. The molecule has 1 unspecified atom stereocenters. The highest BCUT2D eigenvalue weighted by Gasteiger charge is 2.24. The molecule has 5 heteroatoms. The summed E-state index contributed by atoms with van der Waals surface area (Å²) in [5.41, 5.74) is 0.460. The fourth-order valence-corrected chi connectivity index (χ4v) is 1.55. The van der Waals surface area contributed by atoms with Crippen molar-refractivity contribution >= 4 is 5.78 Å². The van der Waals surface area contributed by atoms with E-state index in [-0.39, 0.29) is 11.8 Å². The first-order valence-electron chi connectivity index (χ1n) is 4.41. The Balaban J connectivity index is 2.12. The number of carbonyl (C=O) groups is 1. The Morgan fingerprint density at radius 1 is 1.77 bits per heavy atom. The minimum Gasteiger partial charge on any atom is -0.307 e. The van der Waals surface area contributed by atoms with Crippen LogP contribution < -0.4 is 5.32 Å². The van der Waals surface area contributed by atoms with Crippen molar-refractivity contribution in [3.63, 3.8) is 0 Å². The molecule has 70 valence electrons. The van der Waals surface area contributed by atoms with Crippen LogP contribution in [0.5, 0.6) is 0 Å². The summed E-state index contributed by atoms with van der Waals surface area (Å²) in [4.78, 5) is 13.1. The van der Waals surface area contributed by atoms with Crippen molar-refractivity contribution in [2.45, 2.75) is 18.9 Å². The highest BCUT2D eigenvalue weighted by molar-refractivity contribution is 5.98. The van der Waals surface area contributed by atoms with E-state index < -0.39 is 0 Å². The van der Waals surface area contributed by atoms with E-state index in [9.17, 15) is 4.79 Å². The Morgan fingerprint density at radius 3 is 3.15 bits per heavy atom. The third-order valence-electron chi connectivity index (χ3n) is 2.23. The molecular weight excluding hydrogens is 168 g/mol. The quantitative estimate of drug-likeness (QED) is 0.637.